The summed E-state index contributed by atoms with van der Waals surface area (Å²) in [5.74, 6) is -2.41. The van der Waals surface area contributed by atoms with Crippen molar-refractivity contribution < 1.29 is 34.6 Å². The van der Waals surface area contributed by atoms with E-state index in [9.17, 15) is 8.78 Å². The fourth-order valence-electron chi connectivity index (χ4n) is 1.10. The van der Waals surface area contributed by atoms with Crippen LogP contribution in [-0.2, 0) is 25.8 Å². The van der Waals surface area contributed by atoms with Gasteiger partial charge in [0.05, 0.1) is 0 Å². The quantitative estimate of drug-likeness (QED) is 0.617. The Morgan fingerprint density at radius 2 is 1.54 bits per heavy atom. The van der Waals surface area contributed by atoms with Crippen molar-refractivity contribution >= 4 is 0 Å². The zero-order valence-corrected chi connectivity index (χ0v) is 10.3. The van der Waals surface area contributed by atoms with E-state index in [0.717, 1.165) is 0 Å². The Hall–Kier alpha value is 0.690. The summed E-state index contributed by atoms with van der Waals surface area (Å²) in [5.41, 5.74) is 0. The van der Waals surface area contributed by atoms with E-state index in [2.05, 4.69) is 6.92 Å². The average molecular weight is 223 g/mol. The number of alkyl halides is 2. The van der Waals surface area contributed by atoms with Crippen LogP contribution < -0.4 is 0 Å². The van der Waals surface area contributed by atoms with Gasteiger partial charge in [0, 0.05) is 25.9 Å². The third-order valence-electron chi connectivity index (χ3n) is 1.90. The van der Waals surface area contributed by atoms with E-state index < -0.39 is 5.92 Å². The van der Waals surface area contributed by atoms with E-state index in [1.165, 1.54) is 0 Å². The van der Waals surface area contributed by atoms with E-state index in [1.54, 1.807) is 0 Å². The molecule has 0 amide bonds. The summed E-state index contributed by atoms with van der Waals surface area (Å²) < 4.78 is 24.9. The first-order chi connectivity index (χ1) is 4.64. The van der Waals surface area contributed by atoms with Gasteiger partial charge in [-0.05, 0) is 0 Å². The van der Waals surface area contributed by atoms with Gasteiger partial charge in [-0.3, -0.25) is 0 Å². The Kier molecular flexibility index (Phi) is 11.9. The summed E-state index contributed by atoms with van der Waals surface area (Å²) in [6.45, 7) is 5.28. The summed E-state index contributed by atoms with van der Waals surface area (Å²) in [4.78, 5) is 1.94. The first-order valence-electron chi connectivity index (χ1n) is 3.53. The van der Waals surface area contributed by atoms with Crippen LogP contribution in [0.25, 0.3) is 0 Å². The number of rotatable bonds is 1. The molecule has 1 heterocycles. The van der Waals surface area contributed by atoms with E-state index in [4.69, 9.17) is 0 Å². The van der Waals surface area contributed by atoms with Crippen molar-refractivity contribution in [3.63, 3.8) is 0 Å². The van der Waals surface area contributed by atoms with Crippen molar-refractivity contribution in [2.24, 2.45) is 0 Å². The summed E-state index contributed by atoms with van der Waals surface area (Å²) in [6.07, 6.45) is 0.00500. The second-order valence-corrected chi connectivity index (χ2v) is 2.70. The molecule has 1 aliphatic rings. The van der Waals surface area contributed by atoms with Crippen LogP contribution in [0.5, 0.6) is 0 Å². The molecule has 0 aromatic rings. The van der Waals surface area contributed by atoms with Gasteiger partial charge in [-0.1, -0.05) is 0 Å². The summed E-state index contributed by atoms with van der Waals surface area (Å²) in [7, 11) is 0. The molecule has 0 aliphatic carbocycles. The summed E-state index contributed by atoms with van der Waals surface area (Å²) >= 11 is 0. The number of halogens is 2. The predicted molar refractivity (Wildman–Crippen MR) is 48.8 cm³/mol. The predicted octanol–water partition coefficient (Wildman–Crippen LogP) is 2.45. The van der Waals surface area contributed by atoms with E-state index in [0.29, 0.717) is 19.6 Å². The molecule has 0 aromatic carbocycles. The molecule has 1 rings (SSSR count). The van der Waals surface area contributed by atoms with Gasteiger partial charge in [0.1, 0.15) is 0 Å². The molecule has 0 saturated carbocycles. The maximum absolute atomic E-state index is 12.5. The number of nitrogens with zero attached hydrogens (tertiary/aromatic N) is 1. The van der Waals surface area contributed by atoms with Crippen LogP contribution in [0.3, 0.4) is 0 Å². The van der Waals surface area contributed by atoms with Crippen molar-refractivity contribution in [2.45, 2.75) is 18.8 Å². The van der Waals surface area contributed by atoms with Gasteiger partial charge >= 0.3 is 25.8 Å². The van der Waals surface area contributed by atoms with Gasteiger partial charge < -0.3 is 26.7 Å². The number of hydrogen-bond donors (Lipinski definition) is 0. The van der Waals surface area contributed by atoms with Crippen LogP contribution in [0.15, 0.2) is 0 Å². The third kappa shape index (κ3) is 6.72. The van der Waals surface area contributed by atoms with E-state index in [1.807, 2.05) is 4.90 Å². The smallest absolute Gasteiger partial charge is 0.358 e. The minimum Gasteiger partial charge on any atom is -0.358 e. The monoisotopic (exact) mass is 223 g/mol. The maximum atomic E-state index is 12.5. The first kappa shape index (κ1) is 19.3. The molecule has 1 saturated heterocycles. The minimum atomic E-state index is -2.41. The second kappa shape index (κ2) is 8.04. The Balaban J connectivity index is -0.000000333. The molecule has 0 unspecified atom stereocenters. The van der Waals surface area contributed by atoms with Crippen LogP contribution in [0.4, 0.5) is 8.78 Å². The Morgan fingerprint density at radius 1 is 1.15 bits per heavy atom. The van der Waals surface area contributed by atoms with Crippen molar-refractivity contribution in [3.05, 3.63) is 21.8 Å². The molecule has 0 aromatic heterocycles. The third-order valence-corrected chi connectivity index (χ3v) is 1.90. The molecule has 0 N–H and O–H groups in total. The standard InChI is InChI=1S/C7H12F2N.2CH3.Sc/c1-2-10-5-3-7(8,9)4-6-10;;;/h1-6H2;2*1H3;/q3*-1;+3. The van der Waals surface area contributed by atoms with Crippen LogP contribution in [-0.4, -0.2) is 30.5 Å². The summed E-state index contributed by atoms with van der Waals surface area (Å²) in [5, 5.41) is 0. The Morgan fingerprint density at radius 3 is 1.85 bits per heavy atom. The molecule has 0 bridgehead atoms. The molecule has 13 heavy (non-hydrogen) atoms. The molecule has 1 aliphatic heterocycles. The minimum absolute atomic E-state index is 0. The van der Waals surface area contributed by atoms with Crippen LogP contribution in [0, 0.1) is 21.8 Å². The number of hydrogen-bond acceptors (Lipinski definition) is 1. The van der Waals surface area contributed by atoms with Crippen molar-refractivity contribution in [1.82, 2.24) is 4.90 Å². The normalized spacial score (nSPS) is 20.5. The maximum Gasteiger partial charge on any atom is 3.00 e. The SMILES string of the molecule is [CH2-]CN1CCC(F)(F)CC1.[CH3-].[CH3-].[Sc+3]. The van der Waals surface area contributed by atoms with E-state index in [-0.39, 0.29) is 53.5 Å². The molecule has 0 radical (unpaired) electrons. The van der Waals surface area contributed by atoms with Gasteiger partial charge in [0.2, 0.25) is 0 Å². The summed E-state index contributed by atoms with van der Waals surface area (Å²) in [6, 6.07) is 0. The van der Waals surface area contributed by atoms with Gasteiger partial charge in [0.25, 0.3) is 5.92 Å². The van der Waals surface area contributed by atoms with Crippen LogP contribution >= 0.6 is 0 Å². The zero-order valence-electron chi connectivity index (χ0n) is 8.52. The molecular weight excluding hydrogens is 205 g/mol. The van der Waals surface area contributed by atoms with Crippen molar-refractivity contribution in [1.29, 1.82) is 0 Å². The average Bonchev–Trinajstić information content (AvgIpc) is 1.88. The topological polar surface area (TPSA) is 3.24 Å². The van der Waals surface area contributed by atoms with Crippen LogP contribution in [0.1, 0.15) is 12.8 Å². The number of piperidine rings is 1. The van der Waals surface area contributed by atoms with Gasteiger partial charge in [-0.15, -0.1) is 6.54 Å². The van der Waals surface area contributed by atoms with Gasteiger partial charge in [-0.2, -0.15) is 0 Å². The van der Waals surface area contributed by atoms with E-state index >= 15 is 0 Å². The fraction of sp³-hybridized carbons (Fsp3) is 0.667. The molecule has 0 spiro atoms. The largest absolute Gasteiger partial charge is 3.00 e. The molecular formula is C9H18F2NSc. The molecule has 0 atom stereocenters. The fourth-order valence-corrected chi connectivity index (χ4v) is 1.10. The van der Waals surface area contributed by atoms with Gasteiger partial charge in [-0.25, -0.2) is 8.78 Å². The van der Waals surface area contributed by atoms with Gasteiger partial charge in [0.15, 0.2) is 0 Å². The first-order valence-corrected chi connectivity index (χ1v) is 3.53. The van der Waals surface area contributed by atoms with Crippen LogP contribution in [0.2, 0.25) is 0 Å². The molecule has 4 heteroatoms. The van der Waals surface area contributed by atoms with Crippen molar-refractivity contribution in [3.8, 4) is 0 Å². The van der Waals surface area contributed by atoms with Crippen molar-refractivity contribution in [2.75, 3.05) is 19.6 Å². The molecule has 1 nitrogen and oxygen atoms in total. The number of likely N-dealkylation sites (tertiary alicyclic amines) is 1. The second-order valence-electron chi connectivity index (χ2n) is 2.70. The molecule has 76 valence electrons. The molecule has 1 fully saturated rings. The Bertz CT molecular complexity index is 110. The zero-order chi connectivity index (χ0) is 7.61. The Labute approximate surface area is 99.7 Å².